The van der Waals surface area contributed by atoms with E-state index < -0.39 is 0 Å². The molecule has 8 heavy (non-hydrogen) atoms. The van der Waals surface area contributed by atoms with Crippen molar-refractivity contribution in [3.63, 3.8) is 0 Å². The van der Waals surface area contributed by atoms with E-state index in [1.807, 2.05) is 0 Å². The van der Waals surface area contributed by atoms with Crippen LogP contribution in [0.1, 0.15) is 39.5 Å². The molecule has 1 rings (SSSR count). The topological polar surface area (TPSA) is 0 Å². The van der Waals surface area contributed by atoms with Crippen LogP contribution < -0.4 is 0 Å². The Balaban J connectivity index is 2.16. The third kappa shape index (κ3) is 0.888. The van der Waals surface area contributed by atoms with Crippen LogP contribution in [0.5, 0.6) is 0 Å². The first-order valence-corrected chi connectivity index (χ1v) is 3.88. The van der Waals surface area contributed by atoms with Gasteiger partial charge >= 0.3 is 0 Å². The van der Waals surface area contributed by atoms with Gasteiger partial charge in [-0.05, 0) is 24.7 Å². The average molecular weight is 112 g/mol. The van der Waals surface area contributed by atoms with Crippen molar-refractivity contribution < 1.29 is 0 Å². The molecule has 0 spiro atoms. The molecule has 0 N–H and O–H groups in total. The minimum atomic E-state index is 1.10. The molecular formula is C8H16. The Bertz CT molecular complexity index is 52.4. The van der Waals surface area contributed by atoms with Crippen molar-refractivity contribution in [3.05, 3.63) is 0 Å². The second kappa shape index (κ2) is 2.52. The predicted octanol–water partition coefficient (Wildman–Crippen LogP) is 2.83. The van der Waals surface area contributed by atoms with Crippen LogP contribution in [0, 0.1) is 11.8 Å². The summed E-state index contributed by atoms with van der Waals surface area (Å²) in [4.78, 5) is 0. The SMILES string of the molecule is CCC1CC[C@H]1CC. The summed E-state index contributed by atoms with van der Waals surface area (Å²) in [7, 11) is 0. The molecule has 0 amide bonds. The van der Waals surface area contributed by atoms with Gasteiger partial charge in [0.25, 0.3) is 0 Å². The highest BCUT2D eigenvalue weighted by molar-refractivity contribution is 4.77. The molecule has 1 unspecified atom stereocenters. The Kier molecular flexibility index (Phi) is 1.93. The lowest BCUT2D eigenvalue weighted by Crippen LogP contribution is -2.23. The van der Waals surface area contributed by atoms with E-state index in [1.165, 1.54) is 25.7 Å². The van der Waals surface area contributed by atoms with E-state index in [9.17, 15) is 0 Å². The van der Waals surface area contributed by atoms with Crippen LogP contribution in [0.15, 0.2) is 0 Å². The minimum Gasteiger partial charge on any atom is -0.0651 e. The molecule has 1 fully saturated rings. The molecule has 1 aliphatic carbocycles. The highest BCUT2D eigenvalue weighted by atomic mass is 14.3. The standard InChI is InChI=1S/C8H16/c1-3-7-5-6-8(7)4-2/h7-8H,3-6H2,1-2H3/t7-,8?/m1/s1. The summed E-state index contributed by atoms with van der Waals surface area (Å²) in [5.41, 5.74) is 0. The Morgan fingerprint density at radius 1 is 1.00 bits per heavy atom. The van der Waals surface area contributed by atoms with Crippen molar-refractivity contribution in [3.8, 4) is 0 Å². The number of rotatable bonds is 2. The molecule has 0 saturated heterocycles. The lowest BCUT2D eigenvalue weighted by atomic mass is 9.71. The van der Waals surface area contributed by atoms with E-state index in [0.717, 1.165) is 11.8 Å². The Hall–Kier alpha value is 0. The summed E-state index contributed by atoms with van der Waals surface area (Å²) < 4.78 is 0. The van der Waals surface area contributed by atoms with Crippen molar-refractivity contribution in [1.82, 2.24) is 0 Å². The van der Waals surface area contributed by atoms with Crippen LogP contribution >= 0.6 is 0 Å². The Labute approximate surface area is 52.3 Å². The third-order valence-corrected chi connectivity index (χ3v) is 2.62. The van der Waals surface area contributed by atoms with Gasteiger partial charge in [-0.25, -0.2) is 0 Å². The summed E-state index contributed by atoms with van der Waals surface area (Å²) in [5, 5.41) is 0. The van der Waals surface area contributed by atoms with Gasteiger partial charge in [0.05, 0.1) is 0 Å². The molecule has 48 valence electrons. The molecule has 0 heterocycles. The monoisotopic (exact) mass is 112 g/mol. The molecule has 0 bridgehead atoms. The van der Waals surface area contributed by atoms with Gasteiger partial charge in [0, 0.05) is 0 Å². The molecule has 1 saturated carbocycles. The number of hydrogen-bond acceptors (Lipinski definition) is 0. The molecule has 0 nitrogen and oxygen atoms in total. The fourth-order valence-corrected chi connectivity index (χ4v) is 1.71. The van der Waals surface area contributed by atoms with E-state index >= 15 is 0 Å². The van der Waals surface area contributed by atoms with E-state index in [-0.39, 0.29) is 0 Å². The molecule has 0 aromatic heterocycles. The lowest BCUT2D eigenvalue weighted by molar-refractivity contribution is 0.165. The predicted molar refractivity (Wildman–Crippen MR) is 36.8 cm³/mol. The van der Waals surface area contributed by atoms with Crippen molar-refractivity contribution >= 4 is 0 Å². The normalized spacial score (nSPS) is 36.8. The summed E-state index contributed by atoms with van der Waals surface area (Å²) in [6.45, 7) is 4.62. The van der Waals surface area contributed by atoms with Crippen molar-refractivity contribution in [1.29, 1.82) is 0 Å². The first-order chi connectivity index (χ1) is 3.88. The van der Waals surface area contributed by atoms with Gasteiger partial charge in [0.15, 0.2) is 0 Å². The first kappa shape index (κ1) is 6.12. The first-order valence-electron chi connectivity index (χ1n) is 3.88. The van der Waals surface area contributed by atoms with E-state index in [2.05, 4.69) is 13.8 Å². The van der Waals surface area contributed by atoms with Crippen LogP contribution in [0.25, 0.3) is 0 Å². The minimum absolute atomic E-state index is 1.10. The largest absolute Gasteiger partial charge is 0.0651 e. The Morgan fingerprint density at radius 2 is 1.38 bits per heavy atom. The van der Waals surface area contributed by atoms with E-state index in [4.69, 9.17) is 0 Å². The van der Waals surface area contributed by atoms with Gasteiger partial charge in [0.1, 0.15) is 0 Å². The molecule has 2 atom stereocenters. The van der Waals surface area contributed by atoms with Gasteiger partial charge in [-0.2, -0.15) is 0 Å². The maximum atomic E-state index is 2.31. The third-order valence-electron chi connectivity index (χ3n) is 2.62. The highest BCUT2D eigenvalue weighted by Gasteiger charge is 2.26. The fraction of sp³-hybridized carbons (Fsp3) is 1.00. The molecule has 0 heteroatoms. The van der Waals surface area contributed by atoms with Gasteiger partial charge in [-0.3, -0.25) is 0 Å². The average Bonchev–Trinajstić information content (AvgIpc) is 1.66. The fourth-order valence-electron chi connectivity index (χ4n) is 1.71. The van der Waals surface area contributed by atoms with Crippen molar-refractivity contribution in [2.45, 2.75) is 39.5 Å². The summed E-state index contributed by atoms with van der Waals surface area (Å²) >= 11 is 0. The van der Waals surface area contributed by atoms with Gasteiger partial charge < -0.3 is 0 Å². The molecule has 0 aromatic rings. The van der Waals surface area contributed by atoms with Crippen molar-refractivity contribution in [2.24, 2.45) is 11.8 Å². The van der Waals surface area contributed by atoms with Gasteiger partial charge in [0.2, 0.25) is 0 Å². The zero-order chi connectivity index (χ0) is 5.98. The molecule has 0 radical (unpaired) electrons. The zero-order valence-corrected chi connectivity index (χ0v) is 5.98. The van der Waals surface area contributed by atoms with Crippen LogP contribution in [-0.2, 0) is 0 Å². The molecule has 0 aliphatic heterocycles. The maximum Gasteiger partial charge on any atom is -0.0388 e. The zero-order valence-electron chi connectivity index (χ0n) is 5.98. The highest BCUT2D eigenvalue weighted by Crippen LogP contribution is 2.38. The van der Waals surface area contributed by atoms with E-state index in [0.29, 0.717) is 0 Å². The van der Waals surface area contributed by atoms with Crippen LogP contribution in [0.3, 0.4) is 0 Å². The van der Waals surface area contributed by atoms with Crippen molar-refractivity contribution in [2.75, 3.05) is 0 Å². The Morgan fingerprint density at radius 3 is 1.50 bits per heavy atom. The van der Waals surface area contributed by atoms with Crippen LogP contribution in [-0.4, -0.2) is 0 Å². The summed E-state index contributed by atoms with van der Waals surface area (Å²) in [5.74, 6) is 2.19. The van der Waals surface area contributed by atoms with E-state index in [1.54, 1.807) is 0 Å². The maximum absolute atomic E-state index is 2.31. The lowest BCUT2D eigenvalue weighted by Gasteiger charge is -2.35. The molecule has 0 aromatic carbocycles. The summed E-state index contributed by atoms with van der Waals surface area (Å²) in [6.07, 6.45) is 5.85. The second-order valence-corrected chi connectivity index (χ2v) is 2.91. The molecule has 1 aliphatic rings. The quantitative estimate of drug-likeness (QED) is 0.515. The molecular weight excluding hydrogens is 96.1 g/mol. The number of hydrogen-bond donors (Lipinski definition) is 0. The smallest absolute Gasteiger partial charge is 0.0388 e. The second-order valence-electron chi connectivity index (χ2n) is 2.91. The van der Waals surface area contributed by atoms with Crippen LogP contribution in [0.2, 0.25) is 0 Å². The summed E-state index contributed by atoms with van der Waals surface area (Å²) in [6, 6.07) is 0. The van der Waals surface area contributed by atoms with Gasteiger partial charge in [-0.1, -0.05) is 26.7 Å². The van der Waals surface area contributed by atoms with Crippen LogP contribution in [0.4, 0.5) is 0 Å². The van der Waals surface area contributed by atoms with Gasteiger partial charge in [-0.15, -0.1) is 0 Å².